The summed E-state index contributed by atoms with van der Waals surface area (Å²) in [5.74, 6) is 2.53. The number of benzene rings is 1. The van der Waals surface area contributed by atoms with E-state index in [2.05, 4.69) is 43.7 Å². The van der Waals surface area contributed by atoms with Gasteiger partial charge in [0.05, 0.1) is 18.0 Å². The largest absolute Gasteiger partial charge is 0.353 e. The fraction of sp³-hybridized carbons (Fsp3) is 0.407. The number of aliphatic imine (C=N–C) groups is 1. The van der Waals surface area contributed by atoms with E-state index in [-0.39, 0.29) is 5.82 Å². The number of hydrogen-bond donors (Lipinski definition) is 0. The van der Waals surface area contributed by atoms with Gasteiger partial charge in [-0.15, -0.1) is 0 Å². The van der Waals surface area contributed by atoms with Crippen LogP contribution in [0.4, 0.5) is 22.0 Å². The van der Waals surface area contributed by atoms with Crippen molar-refractivity contribution in [3.8, 4) is 11.3 Å². The maximum Gasteiger partial charge on any atom is 0.228 e. The Balaban J connectivity index is 1.29. The summed E-state index contributed by atoms with van der Waals surface area (Å²) in [6, 6.07) is 11.8. The number of anilines is 3. The minimum Gasteiger partial charge on any atom is -0.353 e. The highest BCUT2D eigenvalue weighted by molar-refractivity contribution is 6.13. The monoisotopic (exact) mass is 471 g/mol. The van der Waals surface area contributed by atoms with E-state index in [0.717, 1.165) is 92.2 Å². The third-order valence-corrected chi connectivity index (χ3v) is 7.28. The Labute approximate surface area is 205 Å². The number of aromatic nitrogens is 3. The highest BCUT2D eigenvalue weighted by Gasteiger charge is 2.27. The molecule has 0 radical (unpaired) electrons. The molecule has 35 heavy (non-hydrogen) atoms. The number of hydrogen-bond acceptors (Lipinski definition) is 7. The van der Waals surface area contributed by atoms with Gasteiger partial charge in [-0.25, -0.2) is 14.4 Å². The quantitative estimate of drug-likeness (QED) is 0.558. The molecule has 0 aliphatic carbocycles. The van der Waals surface area contributed by atoms with E-state index >= 15 is 0 Å². The molecule has 5 heterocycles. The fourth-order valence-corrected chi connectivity index (χ4v) is 5.13. The van der Waals surface area contributed by atoms with Crippen LogP contribution in [0.3, 0.4) is 0 Å². The van der Waals surface area contributed by atoms with Crippen molar-refractivity contribution >= 4 is 23.3 Å². The normalized spacial score (nSPS) is 19.8. The van der Waals surface area contributed by atoms with Gasteiger partial charge in [-0.3, -0.25) is 4.99 Å². The summed E-state index contributed by atoms with van der Waals surface area (Å²) >= 11 is 0. The topological polar surface area (TPSA) is 60.8 Å². The van der Waals surface area contributed by atoms with Crippen LogP contribution in [0.15, 0.2) is 47.6 Å². The lowest BCUT2D eigenvalue weighted by atomic mass is 10.1. The molecular formula is C27H30FN7. The van der Waals surface area contributed by atoms with Gasteiger partial charge in [-0.2, -0.15) is 4.98 Å². The molecule has 8 heteroatoms. The number of pyridine rings is 1. The lowest BCUT2D eigenvalue weighted by molar-refractivity contribution is 0.618. The summed E-state index contributed by atoms with van der Waals surface area (Å²) < 4.78 is 14.0. The SMILES string of the molecule is Cc1cc(-c2cc(N3CCN(c4ncccc4C4=NC4)CC3)nc(N3CCCC3C)n2)ccc1F. The van der Waals surface area contributed by atoms with Gasteiger partial charge in [0.1, 0.15) is 17.5 Å². The predicted molar refractivity (Wildman–Crippen MR) is 138 cm³/mol. The number of nitrogens with zero attached hydrogens (tertiary/aromatic N) is 7. The van der Waals surface area contributed by atoms with E-state index in [4.69, 9.17) is 9.97 Å². The van der Waals surface area contributed by atoms with Crippen LogP contribution in [0.25, 0.3) is 11.3 Å². The Morgan fingerprint density at radius 2 is 1.77 bits per heavy atom. The zero-order chi connectivity index (χ0) is 23.9. The van der Waals surface area contributed by atoms with E-state index in [1.54, 1.807) is 6.92 Å². The second-order valence-corrected chi connectivity index (χ2v) is 9.67. The van der Waals surface area contributed by atoms with Crippen molar-refractivity contribution in [2.75, 3.05) is 54.0 Å². The number of rotatable bonds is 5. The first kappa shape index (κ1) is 21.9. The van der Waals surface area contributed by atoms with E-state index < -0.39 is 0 Å². The van der Waals surface area contributed by atoms with E-state index in [9.17, 15) is 4.39 Å². The summed E-state index contributed by atoms with van der Waals surface area (Å²) in [5.41, 5.74) is 4.69. The van der Waals surface area contributed by atoms with Crippen LogP contribution in [0, 0.1) is 12.7 Å². The fourth-order valence-electron chi connectivity index (χ4n) is 5.13. The molecule has 3 aromatic rings. The maximum atomic E-state index is 14.0. The predicted octanol–water partition coefficient (Wildman–Crippen LogP) is 4.10. The standard InChI is InChI=1S/C27H30FN7/c1-18-15-20(7-8-22(18)28)23-16-25(32-27(31-23)35-10-4-5-19(35)2)33-11-13-34(14-12-33)26-21(24-17-30-24)6-3-9-29-26/h3,6-9,15-16,19H,4-5,10-14,17H2,1-2H3. The molecule has 180 valence electrons. The van der Waals surface area contributed by atoms with Gasteiger partial charge >= 0.3 is 0 Å². The van der Waals surface area contributed by atoms with Crippen molar-refractivity contribution in [3.05, 3.63) is 59.5 Å². The summed E-state index contributed by atoms with van der Waals surface area (Å²) in [6.45, 7) is 9.23. The Morgan fingerprint density at radius 3 is 2.49 bits per heavy atom. The molecule has 3 aliphatic heterocycles. The van der Waals surface area contributed by atoms with Gasteiger partial charge in [-0.05, 0) is 62.6 Å². The van der Waals surface area contributed by atoms with E-state index in [1.165, 1.54) is 6.07 Å². The molecule has 0 bridgehead atoms. The molecule has 6 rings (SSSR count). The average molecular weight is 472 g/mol. The number of piperazine rings is 1. The molecule has 2 aromatic heterocycles. The highest BCUT2D eigenvalue weighted by Crippen LogP contribution is 2.31. The van der Waals surface area contributed by atoms with Crippen molar-refractivity contribution in [2.24, 2.45) is 4.99 Å². The van der Waals surface area contributed by atoms with Crippen LogP contribution in [-0.4, -0.2) is 66.0 Å². The Kier molecular flexibility index (Phi) is 5.59. The first-order chi connectivity index (χ1) is 17.1. The van der Waals surface area contributed by atoms with Gasteiger partial charge in [0.2, 0.25) is 5.95 Å². The van der Waals surface area contributed by atoms with Crippen LogP contribution in [0.1, 0.15) is 30.9 Å². The van der Waals surface area contributed by atoms with Gasteiger partial charge in [-0.1, -0.05) is 0 Å². The van der Waals surface area contributed by atoms with Crippen LogP contribution in [-0.2, 0) is 0 Å². The molecule has 0 saturated carbocycles. The van der Waals surface area contributed by atoms with Crippen LogP contribution >= 0.6 is 0 Å². The molecule has 1 unspecified atom stereocenters. The van der Waals surface area contributed by atoms with Crippen molar-refractivity contribution in [1.82, 2.24) is 15.0 Å². The number of aryl methyl sites for hydroxylation is 1. The average Bonchev–Trinajstić information content (AvgIpc) is 3.65. The third-order valence-electron chi connectivity index (χ3n) is 7.28. The van der Waals surface area contributed by atoms with E-state index in [0.29, 0.717) is 11.6 Å². The molecule has 0 N–H and O–H groups in total. The van der Waals surface area contributed by atoms with Gasteiger partial charge in [0, 0.05) is 62.2 Å². The second kappa shape index (κ2) is 8.91. The van der Waals surface area contributed by atoms with Gasteiger partial charge in [0.25, 0.3) is 0 Å². The molecule has 2 fully saturated rings. The minimum atomic E-state index is -0.196. The van der Waals surface area contributed by atoms with Crippen molar-refractivity contribution in [2.45, 2.75) is 32.7 Å². The first-order valence-electron chi connectivity index (χ1n) is 12.5. The summed E-state index contributed by atoms with van der Waals surface area (Å²) in [4.78, 5) is 26.0. The minimum absolute atomic E-state index is 0.196. The lowest BCUT2D eigenvalue weighted by Gasteiger charge is -2.37. The van der Waals surface area contributed by atoms with Crippen molar-refractivity contribution < 1.29 is 4.39 Å². The molecule has 0 amide bonds. The van der Waals surface area contributed by atoms with Crippen LogP contribution in [0.2, 0.25) is 0 Å². The molecule has 2 saturated heterocycles. The van der Waals surface area contributed by atoms with Crippen LogP contribution < -0.4 is 14.7 Å². The Morgan fingerprint density at radius 1 is 0.971 bits per heavy atom. The zero-order valence-electron chi connectivity index (χ0n) is 20.3. The highest BCUT2D eigenvalue weighted by atomic mass is 19.1. The third kappa shape index (κ3) is 4.33. The molecular weight excluding hydrogens is 441 g/mol. The summed E-state index contributed by atoms with van der Waals surface area (Å²) in [7, 11) is 0. The van der Waals surface area contributed by atoms with E-state index in [1.807, 2.05) is 24.4 Å². The molecule has 3 aliphatic rings. The Bertz CT molecular complexity index is 1280. The van der Waals surface area contributed by atoms with Crippen LogP contribution in [0.5, 0.6) is 0 Å². The van der Waals surface area contributed by atoms with Crippen molar-refractivity contribution in [1.29, 1.82) is 0 Å². The van der Waals surface area contributed by atoms with Gasteiger partial charge in [0.15, 0.2) is 0 Å². The number of halogens is 1. The lowest BCUT2D eigenvalue weighted by Crippen LogP contribution is -2.47. The second-order valence-electron chi connectivity index (χ2n) is 9.67. The smallest absolute Gasteiger partial charge is 0.228 e. The maximum absolute atomic E-state index is 14.0. The molecule has 7 nitrogen and oxygen atoms in total. The Hall–Kier alpha value is -3.55. The van der Waals surface area contributed by atoms with Gasteiger partial charge < -0.3 is 14.7 Å². The molecule has 1 aromatic carbocycles. The molecule has 1 atom stereocenters. The summed E-state index contributed by atoms with van der Waals surface area (Å²) in [5, 5.41) is 0. The summed E-state index contributed by atoms with van der Waals surface area (Å²) in [6.07, 6.45) is 4.16. The first-order valence-corrected chi connectivity index (χ1v) is 12.5. The molecule has 0 spiro atoms. The zero-order valence-corrected chi connectivity index (χ0v) is 20.3. The van der Waals surface area contributed by atoms with Crippen molar-refractivity contribution in [3.63, 3.8) is 0 Å².